The van der Waals surface area contributed by atoms with Crippen molar-refractivity contribution < 1.29 is 9.59 Å². The van der Waals surface area contributed by atoms with Gasteiger partial charge in [-0.25, -0.2) is 4.98 Å². The molecular formula is C18H23N5O2S. The van der Waals surface area contributed by atoms with E-state index in [0.29, 0.717) is 19.5 Å². The summed E-state index contributed by atoms with van der Waals surface area (Å²) >= 11 is 1.59. The quantitative estimate of drug-likeness (QED) is 0.756. The summed E-state index contributed by atoms with van der Waals surface area (Å²) < 4.78 is 0. The number of nitrogens with one attached hydrogen (secondary N) is 1. The van der Waals surface area contributed by atoms with Crippen LogP contribution < -0.4 is 11.1 Å². The number of nitrogens with two attached hydrogens (primary N) is 1. The molecule has 3 N–H and O–H groups in total. The molecule has 0 saturated carbocycles. The third-order valence-corrected chi connectivity index (χ3v) is 5.48. The average Bonchev–Trinajstić information content (AvgIpc) is 3.12. The number of piperidine rings is 1. The van der Waals surface area contributed by atoms with Crippen molar-refractivity contribution in [2.45, 2.75) is 19.3 Å². The lowest BCUT2D eigenvalue weighted by molar-refractivity contribution is -0.124. The molecule has 1 fully saturated rings. The number of aromatic nitrogens is 2. The van der Waals surface area contributed by atoms with Crippen LogP contribution in [-0.4, -0.2) is 52.9 Å². The number of rotatable bonds is 7. The molecule has 2 aromatic heterocycles. The second-order valence-corrected chi connectivity index (χ2v) is 7.29. The fourth-order valence-corrected chi connectivity index (χ4v) is 3.87. The van der Waals surface area contributed by atoms with Crippen LogP contribution in [0.3, 0.4) is 0 Å². The van der Waals surface area contributed by atoms with Crippen molar-refractivity contribution >= 4 is 23.2 Å². The van der Waals surface area contributed by atoms with E-state index in [1.165, 1.54) is 0 Å². The Balaban J connectivity index is 1.38. The second kappa shape index (κ2) is 8.86. The van der Waals surface area contributed by atoms with Crippen LogP contribution in [0.25, 0.3) is 10.6 Å². The van der Waals surface area contributed by atoms with Crippen molar-refractivity contribution in [2.24, 2.45) is 11.7 Å². The van der Waals surface area contributed by atoms with Crippen molar-refractivity contribution in [3.05, 3.63) is 35.6 Å². The number of hydrogen-bond acceptors (Lipinski definition) is 6. The molecule has 138 valence electrons. The molecule has 0 spiro atoms. The number of carbonyl (C=O) groups is 2. The Bertz CT molecular complexity index is 741. The Morgan fingerprint density at radius 2 is 2.00 bits per heavy atom. The predicted octanol–water partition coefficient (Wildman–Crippen LogP) is 1.06. The number of thiazole rings is 1. The number of hydrogen-bond donors (Lipinski definition) is 2. The Morgan fingerprint density at radius 3 is 2.69 bits per heavy atom. The van der Waals surface area contributed by atoms with Gasteiger partial charge in [0.1, 0.15) is 5.01 Å². The Hall–Kier alpha value is -2.32. The number of nitrogens with zero attached hydrogens (tertiary/aromatic N) is 3. The predicted molar refractivity (Wildman–Crippen MR) is 100 cm³/mol. The van der Waals surface area contributed by atoms with Gasteiger partial charge in [-0.15, -0.1) is 11.3 Å². The summed E-state index contributed by atoms with van der Waals surface area (Å²) in [6.07, 6.45) is 5.68. The van der Waals surface area contributed by atoms with Gasteiger partial charge in [-0.3, -0.25) is 19.5 Å². The van der Waals surface area contributed by atoms with E-state index >= 15 is 0 Å². The molecule has 3 rings (SSSR count). The maximum absolute atomic E-state index is 12.1. The SMILES string of the molecule is NC(=O)C1CCN(CC(=O)NCCc2csc(-c3ccncc3)n2)CC1. The van der Waals surface area contributed by atoms with E-state index in [2.05, 4.69) is 20.2 Å². The third-order valence-electron chi connectivity index (χ3n) is 4.54. The zero-order chi connectivity index (χ0) is 18.4. The van der Waals surface area contributed by atoms with Gasteiger partial charge in [0.15, 0.2) is 0 Å². The standard InChI is InChI=1S/C18H23N5O2S/c19-17(25)13-4-9-23(10-5-13)11-16(24)21-8-3-15-12-26-18(22-15)14-1-6-20-7-2-14/h1-2,6-7,12-13H,3-5,8-11H2,(H2,19,25)(H,21,24). The maximum atomic E-state index is 12.1. The van der Waals surface area contributed by atoms with Crippen LogP contribution in [0.5, 0.6) is 0 Å². The largest absolute Gasteiger partial charge is 0.369 e. The van der Waals surface area contributed by atoms with Gasteiger partial charge in [0.05, 0.1) is 12.2 Å². The molecule has 7 nitrogen and oxygen atoms in total. The summed E-state index contributed by atoms with van der Waals surface area (Å²) in [6, 6.07) is 3.87. The normalized spacial score (nSPS) is 15.7. The van der Waals surface area contributed by atoms with Crippen LogP contribution in [0.4, 0.5) is 0 Å². The molecule has 0 aliphatic carbocycles. The zero-order valence-corrected chi connectivity index (χ0v) is 15.4. The van der Waals surface area contributed by atoms with Crippen LogP contribution in [0.2, 0.25) is 0 Å². The van der Waals surface area contributed by atoms with Gasteiger partial charge in [-0.1, -0.05) is 0 Å². The fraction of sp³-hybridized carbons (Fsp3) is 0.444. The highest BCUT2D eigenvalue weighted by Gasteiger charge is 2.23. The molecule has 0 radical (unpaired) electrons. The monoisotopic (exact) mass is 373 g/mol. The van der Waals surface area contributed by atoms with Crippen LogP contribution in [0, 0.1) is 5.92 Å². The number of amides is 2. The van der Waals surface area contributed by atoms with E-state index in [4.69, 9.17) is 5.73 Å². The molecule has 1 saturated heterocycles. The van der Waals surface area contributed by atoms with E-state index in [1.54, 1.807) is 23.7 Å². The third kappa shape index (κ3) is 5.09. The first kappa shape index (κ1) is 18.5. The van der Waals surface area contributed by atoms with E-state index in [1.807, 2.05) is 17.5 Å². The number of likely N-dealkylation sites (tertiary alicyclic amines) is 1. The fourth-order valence-electron chi connectivity index (χ4n) is 3.01. The summed E-state index contributed by atoms with van der Waals surface area (Å²) in [7, 11) is 0. The van der Waals surface area contributed by atoms with Gasteiger partial charge in [-0.2, -0.15) is 0 Å². The van der Waals surface area contributed by atoms with Gasteiger partial charge in [0.25, 0.3) is 0 Å². The first-order chi connectivity index (χ1) is 12.6. The minimum atomic E-state index is -0.233. The highest BCUT2D eigenvalue weighted by Crippen LogP contribution is 2.22. The molecule has 1 aliphatic rings. The van der Waals surface area contributed by atoms with Crippen LogP contribution >= 0.6 is 11.3 Å². The molecule has 2 amide bonds. The molecule has 0 aromatic carbocycles. The molecule has 0 unspecified atom stereocenters. The van der Waals surface area contributed by atoms with Gasteiger partial charge in [0, 0.05) is 42.2 Å². The Labute approximate surface area is 156 Å². The van der Waals surface area contributed by atoms with Gasteiger partial charge in [-0.05, 0) is 38.1 Å². The molecule has 2 aromatic rings. The Kier molecular flexibility index (Phi) is 6.30. The lowest BCUT2D eigenvalue weighted by Gasteiger charge is -2.29. The van der Waals surface area contributed by atoms with Gasteiger partial charge < -0.3 is 11.1 Å². The van der Waals surface area contributed by atoms with E-state index in [0.717, 1.165) is 42.2 Å². The van der Waals surface area contributed by atoms with E-state index in [9.17, 15) is 9.59 Å². The maximum Gasteiger partial charge on any atom is 0.234 e. The topological polar surface area (TPSA) is 101 Å². The van der Waals surface area contributed by atoms with Crippen LogP contribution in [0.1, 0.15) is 18.5 Å². The molecule has 1 aliphatic heterocycles. The van der Waals surface area contributed by atoms with Crippen molar-refractivity contribution in [3.63, 3.8) is 0 Å². The Morgan fingerprint density at radius 1 is 1.27 bits per heavy atom. The first-order valence-corrected chi connectivity index (χ1v) is 9.63. The number of carbonyl (C=O) groups excluding carboxylic acids is 2. The van der Waals surface area contributed by atoms with E-state index < -0.39 is 0 Å². The smallest absolute Gasteiger partial charge is 0.234 e. The first-order valence-electron chi connectivity index (χ1n) is 8.75. The molecular weight excluding hydrogens is 350 g/mol. The van der Waals surface area contributed by atoms with Gasteiger partial charge in [0.2, 0.25) is 11.8 Å². The highest BCUT2D eigenvalue weighted by molar-refractivity contribution is 7.13. The minimum Gasteiger partial charge on any atom is -0.369 e. The molecule has 3 heterocycles. The van der Waals surface area contributed by atoms with Crippen molar-refractivity contribution in [2.75, 3.05) is 26.2 Å². The second-order valence-electron chi connectivity index (χ2n) is 6.43. The summed E-state index contributed by atoms with van der Waals surface area (Å²) in [5, 5.41) is 5.93. The highest BCUT2D eigenvalue weighted by atomic mass is 32.1. The lowest BCUT2D eigenvalue weighted by Crippen LogP contribution is -2.43. The van der Waals surface area contributed by atoms with Crippen molar-refractivity contribution in [3.8, 4) is 10.6 Å². The van der Waals surface area contributed by atoms with Crippen molar-refractivity contribution in [1.29, 1.82) is 0 Å². The molecule has 26 heavy (non-hydrogen) atoms. The van der Waals surface area contributed by atoms with Crippen molar-refractivity contribution in [1.82, 2.24) is 20.2 Å². The number of pyridine rings is 1. The van der Waals surface area contributed by atoms with Gasteiger partial charge >= 0.3 is 0 Å². The van der Waals surface area contributed by atoms with Crippen LogP contribution in [0.15, 0.2) is 29.9 Å². The number of primary amides is 1. The summed E-state index contributed by atoms with van der Waals surface area (Å²) in [6.45, 7) is 2.41. The van der Waals surface area contributed by atoms with Crippen LogP contribution in [-0.2, 0) is 16.0 Å². The molecule has 0 atom stereocenters. The zero-order valence-electron chi connectivity index (χ0n) is 14.6. The van der Waals surface area contributed by atoms with E-state index in [-0.39, 0.29) is 17.7 Å². The lowest BCUT2D eigenvalue weighted by atomic mass is 9.96. The summed E-state index contributed by atoms with van der Waals surface area (Å²) in [5.74, 6) is -0.274. The molecule has 0 bridgehead atoms. The molecule has 8 heteroatoms. The summed E-state index contributed by atoms with van der Waals surface area (Å²) in [4.78, 5) is 33.9. The summed E-state index contributed by atoms with van der Waals surface area (Å²) in [5.41, 5.74) is 7.36. The average molecular weight is 373 g/mol. The minimum absolute atomic E-state index is 0.00659.